The molecule has 0 saturated heterocycles. The van der Waals surface area contributed by atoms with Gasteiger partial charge in [0.05, 0.1) is 0 Å². The van der Waals surface area contributed by atoms with Crippen molar-refractivity contribution in [3.8, 4) is 5.75 Å². The van der Waals surface area contributed by atoms with Crippen molar-refractivity contribution in [2.24, 2.45) is 4.99 Å². The van der Waals surface area contributed by atoms with Crippen molar-refractivity contribution in [1.82, 2.24) is 10.6 Å². The first kappa shape index (κ1) is 15.0. The van der Waals surface area contributed by atoms with Crippen LogP contribution in [0, 0.1) is 0 Å². The molecule has 2 rings (SSSR count). The van der Waals surface area contributed by atoms with E-state index in [4.69, 9.17) is 0 Å². The quantitative estimate of drug-likeness (QED) is 0.635. The molecule has 0 atom stereocenters. The van der Waals surface area contributed by atoms with Crippen LogP contribution in [0.3, 0.4) is 0 Å². The van der Waals surface area contributed by atoms with Crippen molar-refractivity contribution in [2.45, 2.75) is 32.0 Å². The highest BCUT2D eigenvalue weighted by Crippen LogP contribution is 2.25. The van der Waals surface area contributed by atoms with Crippen LogP contribution in [0.25, 0.3) is 0 Å². The fourth-order valence-electron chi connectivity index (χ4n) is 1.69. The molecule has 1 fully saturated rings. The summed E-state index contributed by atoms with van der Waals surface area (Å²) < 4.78 is 30.0. The second-order valence-electron chi connectivity index (χ2n) is 4.47. The van der Waals surface area contributed by atoms with E-state index in [0.29, 0.717) is 24.1 Å². The predicted octanol–water partition coefficient (Wildman–Crippen LogP) is 2.88. The Balaban J connectivity index is 2.00. The Kier molecular flexibility index (Phi) is 5.17. The van der Waals surface area contributed by atoms with E-state index in [9.17, 15) is 8.78 Å². The molecular weight excluding hydrogens is 332 g/mol. The summed E-state index contributed by atoms with van der Waals surface area (Å²) in [7, 11) is 1.68. The molecule has 4 nitrogen and oxygen atoms in total. The Labute approximate surface area is 124 Å². The van der Waals surface area contributed by atoms with Crippen molar-refractivity contribution in [3.63, 3.8) is 0 Å². The number of halogens is 3. The van der Waals surface area contributed by atoms with E-state index >= 15 is 0 Å². The number of rotatable bonds is 5. The van der Waals surface area contributed by atoms with E-state index in [1.807, 2.05) is 0 Å². The fourth-order valence-corrected chi connectivity index (χ4v) is 2.10. The van der Waals surface area contributed by atoms with Gasteiger partial charge in [-0.15, -0.1) is 0 Å². The number of aliphatic imine (C=N–C) groups is 1. The Hall–Kier alpha value is -1.37. The molecule has 2 N–H and O–H groups in total. The second-order valence-corrected chi connectivity index (χ2v) is 5.39. The van der Waals surface area contributed by atoms with Crippen LogP contribution in [0.1, 0.15) is 18.4 Å². The smallest absolute Gasteiger partial charge is 0.387 e. The maximum Gasteiger partial charge on any atom is 0.387 e. The van der Waals surface area contributed by atoms with Crippen LogP contribution < -0.4 is 15.4 Å². The van der Waals surface area contributed by atoms with Gasteiger partial charge in [0.15, 0.2) is 5.96 Å². The van der Waals surface area contributed by atoms with Gasteiger partial charge in [0.2, 0.25) is 0 Å². The molecule has 7 heteroatoms. The van der Waals surface area contributed by atoms with E-state index in [-0.39, 0.29) is 5.75 Å². The topological polar surface area (TPSA) is 45.7 Å². The molecule has 0 spiro atoms. The first-order valence-electron chi connectivity index (χ1n) is 6.29. The van der Waals surface area contributed by atoms with Crippen molar-refractivity contribution in [3.05, 3.63) is 28.2 Å². The second kappa shape index (κ2) is 6.88. The minimum Gasteiger partial charge on any atom is -0.434 e. The third-order valence-electron chi connectivity index (χ3n) is 2.83. The maximum absolute atomic E-state index is 12.4. The molecule has 1 aliphatic carbocycles. The lowest BCUT2D eigenvalue weighted by atomic mass is 10.2. The van der Waals surface area contributed by atoms with Gasteiger partial charge in [-0.25, -0.2) is 0 Å². The SMILES string of the molecule is CN=C(NCc1cc(Br)ccc1OC(F)F)NC1CC1. The minimum absolute atomic E-state index is 0.164. The van der Waals surface area contributed by atoms with Gasteiger partial charge in [0.1, 0.15) is 5.75 Å². The zero-order valence-electron chi connectivity index (χ0n) is 11.0. The molecule has 0 heterocycles. The van der Waals surface area contributed by atoms with Crippen LogP contribution in [0.5, 0.6) is 5.75 Å². The molecule has 1 aliphatic rings. The molecule has 1 saturated carbocycles. The number of hydrogen-bond acceptors (Lipinski definition) is 2. The molecule has 0 bridgehead atoms. The Bertz CT molecular complexity index is 493. The Morgan fingerprint density at radius 1 is 1.50 bits per heavy atom. The van der Waals surface area contributed by atoms with Gasteiger partial charge in [-0.05, 0) is 31.0 Å². The first-order valence-corrected chi connectivity index (χ1v) is 7.08. The maximum atomic E-state index is 12.4. The van der Waals surface area contributed by atoms with Gasteiger partial charge in [-0.2, -0.15) is 8.78 Å². The molecule has 1 aromatic carbocycles. The first-order chi connectivity index (χ1) is 9.58. The monoisotopic (exact) mass is 347 g/mol. The summed E-state index contributed by atoms with van der Waals surface area (Å²) in [6.45, 7) is -2.48. The van der Waals surface area contributed by atoms with Crippen LogP contribution in [-0.2, 0) is 6.54 Å². The van der Waals surface area contributed by atoms with Crippen LogP contribution in [0.15, 0.2) is 27.7 Å². The molecule has 0 radical (unpaired) electrons. The van der Waals surface area contributed by atoms with E-state index in [1.54, 1.807) is 19.2 Å². The average Bonchev–Trinajstić information content (AvgIpc) is 3.20. The average molecular weight is 348 g/mol. The predicted molar refractivity (Wildman–Crippen MR) is 77.1 cm³/mol. The largest absolute Gasteiger partial charge is 0.434 e. The van der Waals surface area contributed by atoms with E-state index < -0.39 is 6.61 Å². The normalized spacial score (nSPS) is 15.3. The molecule has 0 aliphatic heterocycles. The number of hydrogen-bond donors (Lipinski definition) is 2. The van der Waals surface area contributed by atoms with Gasteiger partial charge < -0.3 is 15.4 Å². The zero-order valence-corrected chi connectivity index (χ0v) is 12.6. The van der Waals surface area contributed by atoms with Gasteiger partial charge >= 0.3 is 6.61 Å². The third kappa shape index (κ3) is 4.63. The summed E-state index contributed by atoms with van der Waals surface area (Å²) in [6, 6.07) is 5.40. The molecule has 20 heavy (non-hydrogen) atoms. The number of ether oxygens (including phenoxy) is 1. The Morgan fingerprint density at radius 3 is 2.85 bits per heavy atom. The molecule has 1 aromatic rings. The molecule has 0 aromatic heterocycles. The number of guanidine groups is 1. The number of nitrogens with one attached hydrogen (secondary N) is 2. The number of nitrogens with zero attached hydrogens (tertiary/aromatic N) is 1. The molecular formula is C13H16BrF2N3O. The molecule has 0 unspecified atom stereocenters. The van der Waals surface area contributed by atoms with Crippen molar-refractivity contribution < 1.29 is 13.5 Å². The highest BCUT2D eigenvalue weighted by Gasteiger charge is 2.22. The van der Waals surface area contributed by atoms with Crippen LogP contribution in [0.2, 0.25) is 0 Å². The number of alkyl halides is 2. The number of benzene rings is 1. The lowest BCUT2D eigenvalue weighted by Crippen LogP contribution is -2.38. The van der Waals surface area contributed by atoms with Crippen LogP contribution >= 0.6 is 15.9 Å². The summed E-state index contributed by atoms with van der Waals surface area (Å²) in [6.07, 6.45) is 2.27. The van der Waals surface area contributed by atoms with Crippen LogP contribution in [-0.4, -0.2) is 25.7 Å². The standard InChI is InChI=1S/C13H16BrF2N3O/c1-17-13(19-10-3-4-10)18-7-8-6-9(14)2-5-11(8)20-12(15)16/h2,5-6,10,12H,3-4,7H2,1H3,(H2,17,18,19). The summed E-state index contributed by atoms with van der Waals surface area (Å²) in [5, 5.41) is 6.31. The summed E-state index contributed by atoms with van der Waals surface area (Å²) >= 11 is 3.32. The lowest BCUT2D eigenvalue weighted by molar-refractivity contribution is -0.0504. The van der Waals surface area contributed by atoms with Crippen LogP contribution in [0.4, 0.5) is 8.78 Å². The van der Waals surface area contributed by atoms with Crippen molar-refractivity contribution in [1.29, 1.82) is 0 Å². The Morgan fingerprint density at radius 2 is 2.25 bits per heavy atom. The summed E-state index contributed by atoms with van der Waals surface area (Å²) in [5.74, 6) is 0.827. The highest BCUT2D eigenvalue weighted by molar-refractivity contribution is 9.10. The molecule has 110 valence electrons. The zero-order chi connectivity index (χ0) is 14.5. The minimum atomic E-state index is -2.83. The summed E-state index contributed by atoms with van der Waals surface area (Å²) in [4.78, 5) is 4.09. The fraction of sp³-hybridized carbons (Fsp3) is 0.462. The van der Waals surface area contributed by atoms with Gasteiger partial charge in [-0.1, -0.05) is 15.9 Å². The van der Waals surface area contributed by atoms with E-state index in [0.717, 1.165) is 17.3 Å². The summed E-state index contributed by atoms with van der Waals surface area (Å²) in [5.41, 5.74) is 0.637. The third-order valence-corrected chi connectivity index (χ3v) is 3.32. The van der Waals surface area contributed by atoms with E-state index in [2.05, 4.69) is 36.3 Å². The van der Waals surface area contributed by atoms with Gasteiger partial charge in [0, 0.05) is 29.7 Å². The van der Waals surface area contributed by atoms with E-state index in [1.165, 1.54) is 6.07 Å². The van der Waals surface area contributed by atoms with Crippen molar-refractivity contribution >= 4 is 21.9 Å². The molecule has 0 amide bonds. The van der Waals surface area contributed by atoms with Gasteiger partial charge in [-0.3, -0.25) is 4.99 Å². The lowest BCUT2D eigenvalue weighted by Gasteiger charge is -2.14. The van der Waals surface area contributed by atoms with Crippen molar-refractivity contribution in [2.75, 3.05) is 7.05 Å². The van der Waals surface area contributed by atoms with Gasteiger partial charge in [0.25, 0.3) is 0 Å². The highest BCUT2D eigenvalue weighted by atomic mass is 79.9.